The molecule has 0 N–H and O–H groups in total. The lowest BCUT2D eigenvalue weighted by molar-refractivity contribution is 0.651. The molecule has 0 fully saturated rings. The van der Waals surface area contributed by atoms with Crippen LogP contribution in [0.25, 0.3) is 116 Å². The summed E-state index contributed by atoms with van der Waals surface area (Å²) in [5, 5.41) is 6.48. The molecule has 0 radical (unpaired) electrons. The van der Waals surface area contributed by atoms with E-state index in [1.54, 1.807) is 0 Å². The second-order valence-corrected chi connectivity index (χ2v) is 29.2. The molecule has 98 heavy (non-hydrogen) atoms. The first-order valence-electron chi connectivity index (χ1n) is 34.9. The maximum absolute atomic E-state index is 2.67. The predicted octanol–water partition coefficient (Wildman–Crippen LogP) is 18.1. The van der Waals surface area contributed by atoms with Gasteiger partial charge in [-0.1, -0.05) is 306 Å². The number of hydrogen-bond acceptors (Lipinski definition) is 0. The molecule has 0 bridgehead atoms. The quantitative estimate of drug-likeness (QED) is 0.147. The number of hydrogen-bond donors (Lipinski definition) is 0. The van der Waals surface area contributed by atoms with Crippen molar-refractivity contribution in [3.05, 3.63) is 354 Å². The fourth-order valence-electron chi connectivity index (χ4n) is 20.2. The zero-order valence-electron chi connectivity index (χ0n) is 54.9. The third kappa shape index (κ3) is 6.72. The summed E-state index contributed by atoms with van der Waals surface area (Å²) in [6, 6.07) is 119. The first-order chi connectivity index (χ1) is 48.2. The molecule has 456 valence electrons. The van der Waals surface area contributed by atoms with Gasteiger partial charge in [0.1, 0.15) is 0 Å². The largest absolute Gasteiger partial charge is 0.310 e. The van der Waals surface area contributed by atoms with E-state index in [0.29, 0.717) is 0 Å². The van der Waals surface area contributed by atoms with Crippen molar-refractivity contribution < 1.29 is 0 Å². The summed E-state index contributed by atoms with van der Waals surface area (Å²) in [7, 11) is 0. The van der Waals surface area contributed by atoms with Gasteiger partial charge in [0.05, 0.1) is 27.7 Å². The molecule has 5 heteroatoms. The van der Waals surface area contributed by atoms with Crippen molar-refractivity contribution in [1.82, 2.24) is 13.7 Å². The fraction of sp³-hybridized carbons (Fsp3) is 0.0753. The van der Waals surface area contributed by atoms with Crippen LogP contribution in [0.1, 0.15) is 72.2 Å². The van der Waals surface area contributed by atoms with Crippen LogP contribution >= 0.6 is 0 Å². The molecule has 3 aromatic heterocycles. The first-order valence-corrected chi connectivity index (χ1v) is 34.9. The highest BCUT2D eigenvalue weighted by atomic mass is 15.0. The average Bonchev–Trinajstić information content (AvgIpc) is 1.22. The van der Waals surface area contributed by atoms with Crippen LogP contribution in [-0.4, -0.2) is 27.1 Å². The van der Waals surface area contributed by atoms with E-state index in [9.17, 15) is 0 Å². The lowest BCUT2D eigenvalue weighted by atomic mass is 9.29. The molecule has 1 atom stereocenters. The average molecular weight is 1240 g/mol. The number of rotatable bonds is 6. The highest BCUT2D eigenvalue weighted by Gasteiger charge is 2.53. The highest BCUT2D eigenvalue weighted by Crippen LogP contribution is 2.55. The van der Waals surface area contributed by atoms with E-state index in [4.69, 9.17) is 0 Å². The summed E-state index contributed by atoms with van der Waals surface area (Å²) < 4.78 is 7.77. The minimum absolute atomic E-state index is 0.00310. The van der Waals surface area contributed by atoms with Crippen molar-refractivity contribution in [2.75, 3.05) is 0 Å². The molecule has 0 spiro atoms. The normalized spacial score (nSPS) is 15.9. The number of fused-ring (bicyclic) bond motifs is 19. The van der Waals surface area contributed by atoms with Gasteiger partial charge in [-0.05, 0) is 142 Å². The van der Waals surface area contributed by atoms with Crippen molar-refractivity contribution >= 4 is 101 Å². The summed E-state index contributed by atoms with van der Waals surface area (Å²) >= 11 is 0. The van der Waals surface area contributed by atoms with Gasteiger partial charge in [-0.15, -0.1) is 0 Å². The Hall–Kier alpha value is -11.7. The van der Waals surface area contributed by atoms with Gasteiger partial charge in [-0.2, -0.15) is 0 Å². The lowest BCUT2D eigenvalue weighted by Gasteiger charge is -2.47. The lowest BCUT2D eigenvalue weighted by Crippen LogP contribution is -2.64. The molecule has 4 aliphatic heterocycles. The topological polar surface area (TPSA) is 14.8 Å². The molecule has 14 aromatic carbocycles. The van der Waals surface area contributed by atoms with E-state index >= 15 is 0 Å². The molecular formula is C93H63B2N3. The molecular weight excluding hydrogens is 1180 g/mol. The summed E-state index contributed by atoms with van der Waals surface area (Å²) in [4.78, 5) is 0. The molecule has 0 amide bonds. The van der Waals surface area contributed by atoms with E-state index < -0.39 is 5.41 Å². The van der Waals surface area contributed by atoms with Crippen LogP contribution in [-0.2, 0) is 16.2 Å². The highest BCUT2D eigenvalue weighted by molar-refractivity contribution is 7.00. The Morgan fingerprint density at radius 2 is 0.837 bits per heavy atom. The van der Waals surface area contributed by atoms with Crippen LogP contribution < -0.4 is 32.8 Å². The van der Waals surface area contributed by atoms with Crippen molar-refractivity contribution in [1.29, 1.82) is 0 Å². The molecule has 17 aromatic rings. The Morgan fingerprint density at radius 1 is 0.296 bits per heavy atom. The fourth-order valence-corrected chi connectivity index (χ4v) is 20.2. The van der Waals surface area contributed by atoms with Crippen LogP contribution in [0.3, 0.4) is 0 Å². The third-order valence-electron chi connectivity index (χ3n) is 24.0. The Labute approximate surface area is 570 Å². The smallest absolute Gasteiger partial charge is 0.247 e. The van der Waals surface area contributed by atoms with Crippen LogP contribution in [0.2, 0.25) is 0 Å². The molecule has 3 nitrogen and oxygen atoms in total. The summed E-state index contributed by atoms with van der Waals surface area (Å²) in [5.74, 6) is 0. The maximum atomic E-state index is 2.67. The van der Waals surface area contributed by atoms with Crippen molar-refractivity contribution in [2.45, 2.75) is 43.9 Å². The molecule has 0 saturated heterocycles. The molecule has 1 aliphatic carbocycles. The molecule has 0 saturated carbocycles. The van der Waals surface area contributed by atoms with Crippen LogP contribution in [0.4, 0.5) is 0 Å². The minimum Gasteiger partial charge on any atom is -0.310 e. The van der Waals surface area contributed by atoms with Gasteiger partial charge in [0.15, 0.2) is 0 Å². The number of nitrogens with zero attached hydrogens (tertiary/aromatic N) is 3. The van der Waals surface area contributed by atoms with Crippen LogP contribution in [0.5, 0.6) is 0 Å². The van der Waals surface area contributed by atoms with Gasteiger partial charge in [-0.3, -0.25) is 0 Å². The van der Waals surface area contributed by atoms with Crippen LogP contribution in [0, 0.1) is 0 Å². The van der Waals surface area contributed by atoms with Gasteiger partial charge in [0.25, 0.3) is 0 Å². The predicted molar refractivity (Wildman–Crippen MR) is 412 cm³/mol. The minimum atomic E-state index is -0.700. The van der Waals surface area contributed by atoms with Gasteiger partial charge >= 0.3 is 0 Å². The molecule has 1 unspecified atom stereocenters. The van der Waals surface area contributed by atoms with Crippen molar-refractivity contribution in [3.63, 3.8) is 0 Å². The molecule has 22 rings (SSSR count). The van der Waals surface area contributed by atoms with E-state index in [0.717, 1.165) is 5.69 Å². The van der Waals surface area contributed by atoms with E-state index in [-0.39, 0.29) is 24.3 Å². The molecule has 7 heterocycles. The SMILES string of the molecule is CC1(C)c2ccccc2-c2cc3c(cc21)C(c1ccccc1)(c1ccc(-c2cccc4c2c2cccc5c2n4-c2cccc4c2B5c2ccc5c(c(-c6ccccc6)c(-c6ccccc6)n5-c5ccccc5)c2C4(C)C)cc1)c1cccc2c1B3c1cccc3c4ccccc4n-2c13. The summed E-state index contributed by atoms with van der Waals surface area (Å²) in [6.45, 7) is 9.86. The van der Waals surface area contributed by atoms with Crippen molar-refractivity contribution in [2.24, 2.45) is 0 Å². The van der Waals surface area contributed by atoms with Crippen molar-refractivity contribution in [3.8, 4) is 61.7 Å². The van der Waals surface area contributed by atoms with E-state index in [1.807, 2.05) is 0 Å². The number of para-hydroxylation sites is 4. The third-order valence-corrected chi connectivity index (χ3v) is 24.0. The Kier molecular flexibility index (Phi) is 10.8. The Balaban J connectivity index is 0.774. The van der Waals surface area contributed by atoms with Gasteiger partial charge in [0, 0.05) is 71.4 Å². The van der Waals surface area contributed by atoms with Crippen LogP contribution in [0.15, 0.2) is 309 Å². The van der Waals surface area contributed by atoms with Gasteiger partial charge in [-0.25, -0.2) is 0 Å². The molecule has 5 aliphatic rings. The second kappa shape index (κ2) is 19.3. The number of benzene rings is 14. The van der Waals surface area contributed by atoms with E-state index in [1.165, 1.54) is 188 Å². The first kappa shape index (κ1) is 54.6. The Morgan fingerprint density at radius 3 is 1.59 bits per heavy atom. The van der Waals surface area contributed by atoms with Gasteiger partial charge in [0.2, 0.25) is 13.4 Å². The standard InChI is InChI=1S/C93H63B2N3/c1-91(2)68-39-19-17-34-63(68)67-54-76-72(55-71(67)91)93(59-30-13-7-14-31-59,70-41-25-47-81-87(70)95(76)74-42-21-37-65-64-35-18-20-44-77(64)97(81)89(65)74)60-50-48-56(49-51-60)62-36-23-45-78-83(62)66-38-22-43-75-90(66)98(78)80-46-24-40-69-86(80)94(75)73-52-53-79-84(85(73)92(69,3)4)82(57-26-9-5-10-27-57)88(58-28-11-6-12-29-58)96(79)61-32-15-8-16-33-61/h5-55H,1-4H3. The van der Waals surface area contributed by atoms with E-state index in [2.05, 4.69) is 351 Å². The number of aromatic nitrogens is 3. The summed E-state index contributed by atoms with van der Waals surface area (Å²) in [6.07, 6.45) is 0. The van der Waals surface area contributed by atoms with Gasteiger partial charge < -0.3 is 13.7 Å². The Bertz CT molecular complexity index is 6350. The summed E-state index contributed by atoms with van der Waals surface area (Å²) in [5.41, 5.74) is 37.8. The zero-order valence-corrected chi connectivity index (χ0v) is 54.9. The monoisotopic (exact) mass is 1240 g/mol. The maximum Gasteiger partial charge on any atom is 0.247 e. The zero-order chi connectivity index (χ0) is 64.7. The second-order valence-electron chi connectivity index (χ2n) is 29.2.